The second kappa shape index (κ2) is 12.4. The van der Waals surface area contributed by atoms with Gasteiger partial charge in [0.15, 0.2) is 0 Å². The van der Waals surface area contributed by atoms with Crippen molar-refractivity contribution in [3.8, 4) is 33.4 Å². The number of halogens is 9. The van der Waals surface area contributed by atoms with Gasteiger partial charge in [-0.3, -0.25) is 9.48 Å². The smallest absolute Gasteiger partial charge is 0.425 e. The molecule has 0 aliphatic heterocycles. The lowest BCUT2D eigenvalue weighted by Gasteiger charge is -2.28. The van der Waals surface area contributed by atoms with Gasteiger partial charge in [-0.25, -0.2) is 8.78 Å². The Balaban J connectivity index is 0.000000198. The van der Waals surface area contributed by atoms with Gasteiger partial charge < -0.3 is 14.9 Å². The van der Waals surface area contributed by atoms with Gasteiger partial charge in [0.25, 0.3) is 0 Å². The molecule has 0 spiro atoms. The molecule has 4 aromatic carbocycles. The van der Waals surface area contributed by atoms with Crippen LogP contribution in [0.2, 0.25) is 5.02 Å². The Labute approximate surface area is 295 Å². The van der Waals surface area contributed by atoms with E-state index in [2.05, 4.69) is 5.10 Å². The lowest BCUT2D eigenvalue weighted by atomic mass is 9.89. The second-order valence-corrected chi connectivity index (χ2v) is 13.6. The SMILES string of the molecule is CC(C)(C)OC(=O)Cn1cc(-c2cc(F)cc3c2-c2ccccc2C3(O)C(F)(F)F)cn1.OC1(C(F)(F)F)c2ccccc2-c2c(Cl)cc(F)cc21. The van der Waals surface area contributed by atoms with E-state index in [0.29, 0.717) is 17.7 Å². The molecule has 2 aliphatic rings. The number of nitrogens with zero attached hydrogens (tertiary/aromatic N) is 2. The topological polar surface area (TPSA) is 84.6 Å². The van der Waals surface area contributed by atoms with Crippen molar-refractivity contribution in [1.29, 1.82) is 0 Å². The standard InChI is InChI=1S/C23H20F4N2O3.C14H7ClF4O/c1-21(2,3)32-19(30)12-29-11-13(10-28-29)16-8-14(24)9-18-20(16)15-6-4-5-7-17(15)22(18,31)23(25,26)27;15-11-6-7(16)5-10-12(11)8-3-1-2-4-9(8)13(10,20)14(17,18)19/h4-11,31H,12H2,1-3H3;1-6,20H. The predicted molar refractivity (Wildman–Crippen MR) is 174 cm³/mol. The van der Waals surface area contributed by atoms with Crippen LogP contribution in [0.15, 0.2) is 85.2 Å². The molecule has 272 valence electrons. The Morgan fingerprint density at radius 1 is 0.750 bits per heavy atom. The Kier molecular flexibility index (Phi) is 8.83. The van der Waals surface area contributed by atoms with Crippen LogP contribution in [0.25, 0.3) is 33.4 Å². The van der Waals surface area contributed by atoms with Crippen LogP contribution in [0.3, 0.4) is 0 Å². The second-order valence-electron chi connectivity index (χ2n) is 13.2. The zero-order valence-electron chi connectivity index (χ0n) is 27.3. The highest BCUT2D eigenvalue weighted by molar-refractivity contribution is 6.33. The van der Waals surface area contributed by atoms with Crippen molar-refractivity contribution in [2.24, 2.45) is 0 Å². The number of rotatable bonds is 3. The Hall–Kier alpha value is -4.79. The van der Waals surface area contributed by atoms with Gasteiger partial charge in [-0.15, -0.1) is 0 Å². The van der Waals surface area contributed by atoms with Crippen LogP contribution in [-0.2, 0) is 27.3 Å². The monoisotopic (exact) mass is 750 g/mol. The molecule has 2 atom stereocenters. The quantitative estimate of drug-likeness (QED) is 0.142. The van der Waals surface area contributed by atoms with E-state index in [1.807, 2.05) is 0 Å². The fourth-order valence-electron chi connectivity index (χ4n) is 6.57. The van der Waals surface area contributed by atoms with E-state index in [-0.39, 0.29) is 50.5 Å². The number of hydrogen-bond acceptors (Lipinski definition) is 5. The maximum atomic E-state index is 14.5. The van der Waals surface area contributed by atoms with Gasteiger partial charge in [0, 0.05) is 39.6 Å². The Morgan fingerprint density at radius 3 is 1.75 bits per heavy atom. The Bertz CT molecular complexity index is 2230. The van der Waals surface area contributed by atoms with Crippen LogP contribution >= 0.6 is 11.6 Å². The first-order chi connectivity index (χ1) is 24.1. The molecule has 2 unspecified atom stereocenters. The zero-order chi connectivity index (χ0) is 38.2. The fraction of sp³-hybridized carbons (Fsp3) is 0.243. The molecule has 0 radical (unpaired) electrons. The third-order valence-corrected chi connectivity index (χ3v) is 8.88. The normalized spacial score (nSPS) is 18.9. The number of benzene rings is 4. The zero-order valence-corrected chi connectivity index (χ0v) is 28.1. The maximum absolute atomic E-state index is 14.5. The molecule has 2 aliphatic carbocycles. The molecule has 1 aromatic heterocycles. The van der Waals surface area contributed by atoms with Gasteiger partial charge in [0.1, 0.15) is 23.8 Å². The van der Waals surface area contributed by atoms with E-state index < -0.39 is 57.9 Å². The van der Waals surface area contributed by atoms with E-state index in [0.717, 1.165) is 18.2 Å². The van der Waals surface area contributed by atoms with Crippen molar-refractivity contribution in [3.63, 3.8) is 0 Å². The predicted octanol–water partition coefficient (Wildman–Crippen LogP) is 9.07. The van der Waals surface area contributed by atoms with E-state index in [1.165, 1.54) is 53.5 Å². The van der Waals surface area contributed by atoms with E-state index in [9.17, 15) is 50.1 Å². The lowest BCUT2D eigenvalue weighted by Crippen LogP contribution is -2.41. The van der Waals surface area contributed by atoms with Crippen molar-refractivity contribution in [2.45, 2.75) is 56.5 Å². The van der Waals surface area contributed by atoms with E-state index in [1.54, 1.807) is 26.8 Å². The molecule has 0 saturated heterocycles. The van der Waals surface area contributed by atoms with Gasteiger partial charge in [-0.2, -0.15) is 31.4 Å². The Morgan fingerprint density at radius 2 is 1.23 bits per heavy atom. The number of aliphatic hydroxyl groups is 2. The van der Waals surface area contributed by atoms with Crippen molar-refractivity contribution in [2.75, 3.05) is 0 Å². The molecule has 0 saturated carbocycles. The fourth-order valence-corrected chi connectivity index (χ4v) is 6.88. The minimum atomic E-state index is -5.07. The van der Waals surface area contributed by atoms with Gasteiger partial charge in [0.05, 0.1) is 11.2 Å². The summed E-state index contributed by atoms with van der Waals surface area (Å²) in [6.07, 6.45) is -7.30. The van der Waals surface area contributed by atoms with Crippen molar-refractivity contribution >= 4 is 17.6 Å². The number of ether oxygens (including phenoxy) is 1. The third kappa shape index (κ3) is 6.01. The molecular weight excluding hydrogens is 724 g/mol. The van der Waals surface area contributed by atoms with Crippen LogP contribution in [0, 0.1) is 11.6 Å². The molecule has 15 heteroatoms. The van der Waals surface area contributed by atoms with Crippen molar-refractivity contribution in [3.05, 3.63) is 124 Å². The maximum Gasteiger partial charge on any atom is 0.425 e. The number of carbonyl (C=O) groups excluding carboxylic acids is 1. The number of alkyl halides is 6. The summed E-state index contributed by atoms with van der Waals surface area (Å²) < 4.78 is 116. The average Bonchev–Trinajstić information content (AvgIpc) is 3.67. The molecular formula is C37H27ClF8N2O4. The summed E-state index contributed by atoms with van der Waals surface area (Å²) >= 11 is 5.86. The summed E-state index contributed by atoms with van der Waals surface area (Å²) in [6.45, 7) is 4.93. The first kappa shape index (κ1) is 37.0. The minimum Gasteiger partial charge on any atom is -0.459 e. The van der Waals surface area contributed by atoms with E-state index in [4.69, 9.17) is 16.3 Å². The first-order valence-electron chi connectivity index (χ1n) is 15.4. The highest BCUT2D eigenvalue weighted by atomic mass is 35.5. The van der Waals surface area contributed by atoms with Gasteiger partial charge in [0.2, 0.25) is 11.2 Å². The largest absolute Gasteiger partial charge is 0.459 e. The molecule has 1 heterocycles. The molecule has 52 heavy (non-hydrogen) atoms. The minimum absolute atomic E-state index is 0.0171. The van der Waals surface area contributed by atoms with Crippen LogP contribution < -0.4 is 0 Å². The summed E-state index contributed by atoms with van der Waals surface area (Å²) in [5.41, 5.74) is -8.32. The number of carbonyl (C=O) groups is 1. The van der Waals surface area contributed by atoms with Gasteiger partial charge in [-0.05, 0) is 67.3 Å². The number of aromatic nitrogens is 2. The summed E-state index contributed by atoms with van der Waals surface area (Å²) in [4.78, 5) is 12.1. The van der Waals surface area contributed by atoms with Crippen LogP contribution in [0.5, 0.6) is 0 Å². The summed E-state index contributed by atoms with van der Waals surface area (Å²) in [5.74, 6) is -2.41. The average molecular weight is 751 g/mol. The summed E-state index contributed by atoms with van der Waals surface area (Å²) in [7, 11) is 0. The van der Waals surface area contributed by atoms with Gasteiger partial charge >= 0.3 is 18.3 Å². The van der Waals surface area contributed by atoms with E-state index >= 15 is 0 Å². The van der Waals surface area contributed by atoms with Crippen LogP contribution in [-0.4, -0.2) is 43.9 Å². The number of hydrogen-bond donors (Lipinski definition) is 2. The van der Waals surface area contributed by atoms with Crippen molar-refractivity contribution in [1.82, 2.24) is 9.78 Å². The van der Waals surface area contributed by atoms with Crippen LogP contribution in [0.1, 0.15) is 43.0 Å². The summed E-state index contributed by atoms with van der Waals surface area (Å²) in [5, 5.41) is 24.9. The molecule has 6 nitrogen and oxygen atoms in total. The van der Waals surface area contributed by atoms with Gasteiger partial charge in [-0.1, -0.05) is 60.1 Å². The molecule has 0 fully saturated rings. The first-order valence-corrected chi connectivity index (χ1v) is 15.8. The number of esters is 1. The molecule has 5 aromatic rings. The molecule has 7 rings (SSSR count). The molecule has 2 N–H and O–H groups in total. The number of fused-ring (bicyclic) bond motifs is 6. The van der Waals surface area contributed by atoms with Crippen LogP contribution in [0.4, 0.5) is 35.1 Å². The van der Waals surface area contributed by atoms with Crippen molar-refractivity contribution < 1.29 is 54.9 Å². The highest BCUT2D eigenvalue weighted by Crippen LogP contribution is 2.58. The third-order valence-electron chi connectivity index (χ3n) is 8.59. The summed E-state index contributed by atoms with van der Waals surface area (Å²) in [6, 6.07) is 14.5. The molecule has 0 bridgehead atoms. The highest BCUT2D eigenvalue weighted by Gasteiger charge is 2.62. The lowest BCUT2D eigenvalue weighted by molar-refractivity contribution is -0.247. The molecule has 0 amide bonds.